The van der Waals surface area contributed by atoms with Crippen LogP contribution in [0.15, 0.2) is 22.9 Å². The Balaban J connectivity index is 2.50. The molecule has 0 bridgehead atoms. The van der Waals surface area contributed by atoms with E-state index in [1.165, 1.54) is 10.9 Å². The maximum absolute atomic E-state index is 10.8. The third-order valence-electron chi connectivity index (χ3n) is 2.21. The van der Waals surface area contributed by atoms with E-state index in [0.717, 1.165) is 10.0 Å². The highest BCUT2D eigenvalue weighted by Crippen LogP contribution is 2.18. The molecule has 0 atom stereocenters. The topological polar surface area (TPSA) is 94.0 Å². The number of carboxylic acid groups (broad SMARTS) is 1. The van der Waals surface area contributed by atoms with Gasteiger partial charge in [0.25, 0.3) is 0 Å². The fourth-order valence-corrected chi connectivity index (χ4v) is 1.54. The number of carboxylic acids is 1. The van der Waals surface area contributed by atoms with Crippen molar-refractivity contribution in [2.24, 2.45) is 0 Å². The third kappa shape index (κ3) is 2.14. The first-order valence-electron chi connectivity index (χ1n) is 4.70. The number of nitrogen functional groups attached to an aromatic ring is 1. The molecule has 0 aromatic carbocycles. The van der Waals surface area contributed by atoms with Crippen LogP contribution < -0.4 is 5.73 Å². The van der Waals surface area contributed by atoms with Crippen LogP contribution in [0, 0.1) is 6.92 Å². The van der Waals surface area contributed by atoms with Gasteiger partial charge in [-0.25, -0.2) is 14.5 Å². The van der Waals surface area contributed by atoms with E-state index in [-0.39, 0.29) is 11.4 Å². The Morgan fingerprint density at radius 1 is 1.59 bits per heavy atom. The number of aromatic nitrogens is 3. The number of carbonyl (C=O) groups is 1. The van der Waals surface area contributed by atoms with Crippen LogP contribution >= 0.6 is 15.9 Å². The van der Waals surface area contributed by atoms with E-state index in [2.05, 4.69) is 26.0 Å². The second kappa shape index (κ2) is 4.17. The maximum Gasteiger partial charge on any atom is 0.358 e. The molecule has 0 aliphatic heterocycles. The summed E-state index contributed by atoms with van der Waals surface area (Å²) in [6.45, 7) is 1.90. The molecule has 6 nitrogen and oxygen atoms in total. The number of halogens is 1. The zero-order chi connectivity index (χ0) is 12.6. The number of nitrogens with zero attached hydrogens (tertiary/aromatic N) is 3. The first kappa shape index (κ1) is 11.6. The number of pyridine rings is 1. The average molecular weight is 297 g/mol. The molecule has 2 heterocycles. The first-order valence-corrected chi connectivity index (χ1v) is 5.49. The predicted octanol–water partition coefficient (Wildman–Crippen LogP) is 1.62. The SMILES string of the molecule is Cc1cc(-n2cc(N)c(C(=O)O)n2)ncc1Br. The largest absolute Gasteiger partial charge is 0.476 e. The van der Waals surface area contributed by atoms with Gasteiger partial charge in [-0.05, 0) is 34.5 Å². The molecule has 0 fully saturated rings. The van der Waals surface area contributed by atoms with Crippen LogP contribution in [0.2, 0.25) is 0 Å². The Kier molecular flexibility index (Phi) is 2.84. The van der Waals surface area contributed by atoms with Gasteiger partial charge in [0.2, 0.25) is 0 Å². The average Bonchev–Trinajstić information content (AvgIpc) is 2.64. The van der Waals surface area contributed by atoms with Crippen LogP contribution in [0.1, 0.15) is 16.1 Å². The predicted molar refractivity (Wildman–Crippen MR) is 65.2 cm³/mol. The Labute approximate surface area is 105 Å². The van der Waals surface area contributed by atoms with Gasteiger partial charge in [0, 0.05) is 10.7 Å². The lowest BCUT2D eigenvalue weighted by Crippen LogP contribution is -2.03. The van der Waals surface area contributed by atoms with Crippen LogP contribution in [-0.4, -0.2) is 25.8 Å². The molecule has 2 aromatic heterocycles. The van der Waals surface area contributed by atoms with Crippen LogP contribution in [0.25, 0.3) is 5.82 Å². The number of hydrogen-bond acceptors (Lipinski definition) is 4. The van der Waals surface area contributed by atoms with Crippen LogP contribution in [0.4, 0.5) is 5.69 Å². The second-order valence-electron chi connectivity index (χ2n) is 3.47. The summed E-state index contributed by atoms with van der Waals surface area (Å²) in [6, 6.07) is 1.78. The van der Waals surface area contributed by atoms with Crippen molar-refractivity contribution in [3.8, 4) is 5.82 Å². The summed E-state index contributed by atoms with van der Waals surface area (Å²) in [7, 11) is 0. The standard InChI is InChI=1S/C10H9BrN4O2/c1-5-2-8(13-3-6(5)11)15-4-7(12)9(14-15)10(16)17/h2-4H,12H2,1H3,(H,16,17). The van der Waals surface area contributed by atoms with Gasteiger partial charge in [0.1, 0.15) is 0 Å². The summed E-state index contributed by atoms with van der Waals surface area (Å²) in [5.41, 5.74) is 6.46. The quantitative estimate of drug-likeness (QED) is 0.878. The lowest BCUT2D eigenvalue weighted by Gasteiger charge is -2.02. The molecule has 3 N–H and O–H groups in total. The zero-order valence-electron chi connectivity index (χ0n) is 8.88. The van der Waals surface area contributed by atoms with Crippen molar-refractivity contribution in [2.45, 2.75) is 6.92 Å². The number of rotatable bonds is 2. The minimum atomic E-state index is -1.16. The number of aromatic carboxylic acids is 1. The minimum absolute atomic E-state index is 0.111. The Hall–Kier alpha value is -1.89. The van der Waals surface area contributed by atoms with Gasteiger partial charge in [-0.3, -0.25) is 0 Å². The molecule has 0 amide bonds. The van der Waals surface area contributed by atoms with E-state index < -0.39 is 5.97 Å². The van der Waals surface area contributed by atoms with Gasteiger partial charge in [-0.2, -0.15) is 5.10 Å². The van der Waals surface area contributed by atoms with Gasteiger partial charge < -0.3 is 10.8 Å². The maximum atomic E-state index is 10.8. The smallest absolute Gasteiger partial charge is 0.358 e. The van der Waals surface area contributed by atoms with Gasteiger partial charge in [0.15, 0.2) is 11.5 Å². The fourth-order valence-electron chi connectivity index (χ4n) is 1.32. The highest BCUT2D eigenvalue weighted by Gasteiger charge is 2.14. The fraction of sp³-hybridized carbons (Fsp3) is 0.100. The van der Waals surface area contributed by atoms with Gasteiger partial charge >= 0.3 is 5.97 Å². The molecule has 0 unspecified atom stereocenters. The van der Waals surface area contributed by atoms with Gasteiger partial charge in [-0.1, -0.05) is 0 Å². The summed E-state index contributed by atoms with van der Waals surface area (Å²) < 4.78 is 2.22. The number of anilines is 1. The number of aryl methyl sites for hydroxylation is 1. The van der Waals surface area contributed by atoms with Crippen molar-refractivity contribution in [1.29, 1.82) is 0 Å². The monoisotopic (exact) mass is 296 g/mol. The minimum Gasteiger partial charge on any atom is -0.476 e. The van der Waals surface area contributed by atoms with E-state index >= 15 is 0 Å². The number of nitrogens with two attached hydrogens (primary N) is 1. The Morgan fingerprint density at radius 2 is 2.29 bits per heavy atom. The molecule has 0 saturated carbocycles. The summed E-state index contributed by atoms with van der Waals surface area (Å²) in [5, 5.41) is 12.7. The normalized spacial score (nSPS) is 10.5. The lowest BCUT2D eigenvalue weighted by molar-refractivity contribution is 0.0691. The number of hydrogen-bond donors (Lipinski definition) is 2. The Morgan fingerprint density at radius 3 is 2.82 bits per heavy atom. The summed E-state index contributed by atoms with van der Waals surface area (Å²) in [4.78, 5) is 14.9. The van der Waals surface area contributed by atoms with Crippen LogP contribution in [0.5, 0.6) is 0 Å². The zero-order valence-corrected chi connectivity index (χ0v) is 10.5. The highest BCUT2D eigenvalue weighted by molar-refractivity contribution is 9.10. The molecule has 2 aromatic rings. The highest BCUT2D eigenvalue weighted by atomic mass is 79.9. The van der Waals surface area contributed by atoms with E-state index in [1.807, 2.05) is 6.92 Å². The van der Waals surface area contributed by atoms with Crippen molar-refractivity contribution in [3.63, 3.8) is 0 Å². The molecule has 17 heavy (non-hydrogen) atoms. The van der Waals surface area contributed by atoms with Crippen molar-refractivity contribution in [3.05, 3.63) is 34.2 Å². The summed E-state index contributed by atoms with van der Waals surface area (Å²) in [5.74, 6) is -0.639. The van der Waals surface area contributed by atoms with Crippen LogP contribution in [-0.2, 0) is 0 Å². The van der Waals surface area contributed by atoms with Crippen molar-refractivity contribution in [2.75, 3.05) is 5.73 Å². The van der Waals surface area contributed by atoms with Gasteiger partial charge in [-0.15, -0.1) is 0 Å². The molecular weight excluding hydrogens is 288 g/mol. The first-order chi connectivity index (χ1) is 7.99. The van der Waals surface area contributed by atoms with Gasteiger partial charge in [0.05, 0.1) is 11.9 Å². The molecule has 0 radical (unpaired) electrons. The van der Waals surface area contributed by atoms with Crippen molar-refractivity contribution >= 4 is 27.6 Å². The van der Waals surface area contributed by atoms with Crippen molar-refractivity contribution in [1.82, 2.24) is 14.8 Å². The van der Waals surface area contributed by atoms with E-state index in [1.54, 1.807) is 12.3 Å². The second-order valence-corrected chi connectivity index (χ2v) is 4.33. The molecule has 7 heteroatoms. The summed E-state index contributed by atoms with van der Waals surface area (Å²) >= 11 is 3.33. The van der Waals surface area contributed by atoms with Crippen molar-refractivity contribution < 1.29 is 9.90 Å². The van der Waals surface area contributed by atoms with E-state index in [4.69, 9.17) is 10.8 Å². The summed E-state index contributed by atoms with van der Waals surface area (Å²) in [6.07, 6.45) is 3.06. The molecule has 0 saturated heterocycles. The van der Waals surface area contributed by atoms with Crippen LogP contribution in [0.3, 0.4) is 0 Å². The molecule has 0 aliphatic carbocycles. The Bertz CT molecular complexity index is 594. The molecule has 2 rings (SSSR count). The van der Waals surface area contributed by atoms with E-state index in [9.17, 15) is 4.79 Å². The third-order valence-corrected chi connectivity index (χ3v) is 3.04. The molecule has 0 aliphatic rings. The molecular formula is C10H9BrN4O2. The lowest BCUT2D eigenvalue weighted by atomic mass is 10.3. The van der Waals surface area contributed by atoms with E-state index in [0.29, 0.717) is 5.82 Å². The molecule has 0 spiro atoms. The molecule has 88 valence electrons.